The van der Waals surface area contributed by atoms with Crippen LogP contribution in [0.4, 0.5) is 0 Å². The van der Waals surface area contributed by atoms with E-state index >= 15 is 0 Å². The molecule has 2 rings (SSSR count). The molecule has 0 spiro atoms. The molecular weight excluding hydrogens is 246 g/mol. The smallest absolute Gasteiger partial charge is 0.329 e. The molecule has 0 fully saturated rings. The van der Waals surface area contributed by atoms with Crippen LogP contribution < -0.4 is 17.0 Å². The lowest BCUT2D eigenvalue weighted by Crippen LogP contribution is -2.42. The molecule has 0 amide bonds. The summed E-state index contributed by atoms with van der Waals surface area (Å²) >= 11 is 0. The van der Waals surface area contributed by atoms with Gasteiger partial charge in [-0.1, -0.05) is 13.8 Å². The van der Waals surface area contributed by atoms with Crippen molar-refractivity contribution in [2.24, 2.45) is 18.7 Å². The lowest BCUT2D eigenvalue weighted by molar-refractivity contribution is 0.488. The fourth-order valence-corrected chi connectivity index (χ4v) is 2.17. The van der Waals surface area contributed by atoms with Crippen molar-refractivity contribution in [2.75, 3.05) is 6.54 Å². The molecule has 0 radical (unpaired) electrons. The van der Waals surface area contributed by atoms with Crippen molar-refractivity contribution >= 4 is 11.2 Å². The van der Waals surface area contributed by atoms with Gasteiger partial charge in [0, 0.05) is 26.7 Å². The molecule has 0 atom stereocenters. The molecular formula is C12H19N5O2. The van der Waals surface area contributed by atoms with Gasteiger partial charge in [-0.05, 0) is 5.92 Å². The molecule has 0 saturated heterocycles. The van der Waals surface area contributed by atoms with Crippen molar-refractivity contribution in [3.8, 4) is 0 Å². The summed E-state index contributed by atoms with van der Waals surface area (Å²) < 4.78 is 4.38. The van der Waals surface area contributed by atoms with E-state index in [1.165, 1.54) is 4.57 Å². The minimum Gasteiger partial charge on any atom is -0.329 e. The highest BCUT2D eigenvalue weighted by atomic mass is 16.2. The van der Waals surface area contributed by atoms with Crippen LogP contribution in [-0.4, -0.2) is 25.2 Å². The van der Waals surface area contributed by atoms with E-state index in [1.807, 2.05) is 13.8 Å². The molecule has 0 bridgehead atoms. The molecule has 2 N–H and O–H groups in total. The van der Waals surface area contributed by atoms with E-state index in [0.717, 1.165) is 0 Å². The lowest BCUT2D eigenvalue weighted by atomic mass is 10.2. The molecule has 2 aromatic heterocycles. The van der Waals surface area contributed by atoms with E-state index in [1.54, 1.807) is 22.5 Å². The van der Waals surface area contributed by atoms with Crippen LogP contribution in [0.2, 0.25) is 0 Å². The van der Waals surface area contributed by atoms with Crippen molar-refractivity contribution in [3.05, 3.63) is 27.2 Å². The molecule has 0 aromatic carbocycles. The molecule has 104 valence electrons. The molecule has 2 heterocycles. The maximum atomic E-state index is 12.4. The number of aromatic nitrogens is 4. The zero-order chi connectivity index (χ0) is 14.2. The van der Waals surface area contributed by atoms with E-state index < -0.39 is 0 Å². The average molecular weight is 265 g/mol. The van der Waals surface area contributed by atoms with Crippen LogP contribution in [-0.2, 0) is 20.1 Å². The van der Waals surface area contributed by atoms with Crippen LogP contribution in [0.5, 0.6) is 0 Å². The summed E-state index contributed by atoms with van der Waals surface area (Å²) in [7, 11) is 1.74. The number of nitrogens with two attached hydrogens (primary N) is 1. The predicted octanol–water partition coefficient (Wildman–Crippen LogP) is -0.489. The van der Waals surface area contributed by atoms with Gasteiger partial charge in [0.2, 0.25) is 0 Å². The fourth-order valence-electron chi connectivity index (χ4n) is 2.17. The summed E-state index contributed by atoms with van der Waals surface area (Å²) in [6, 6.07) is 0. The van der Waals surface area contributed by atoms with E-state index in [2.05, 4.69) is 4.98 Å². The number of hydrogen-bond donors (Lipinski definition) is 1. The van der Waals surface area contributed by atoms with Crippen molar-refractivity contribution < 1.29 is 0 Å². The number of hydrogen-bond acceptors (Lipinski definition) is 4. The summed E-state index contributed by atoms with van der Waals surface area (Å²) in [5, 5.41) is 0. The first kappa shape index (κ1) is 13.5. The van der Waals surface area contributed by atoms with Crippen LogP contribution in [0.1, 0.15) is 13.8 Å². The SMILES string of the molecule is CC(C)Cn1c(=O)n(CCN)c(=O)c2c1ncn2C. The van der Waals surface area contributed by atoms with Crippen molar-refractivity contribution in [1.82, 2.24) is 18.7 Å². The standard InChI is InChI=1S/C12H19N5O2/c1-8(2)6-17-10-9(15(3)7-14-10)11(18)16(5-4-13)12(17)19/h7-8H,4-6,13H2,1-3H3. The van der Waals surface area contributed by atoms with Crippen LogP contribution in [0.15, 0.2) is 15.9 Å². The third kappa shape index (κ3) is 2.21. The van der Waals surface area contributed by atoms with E-state index in [-0.39, 0.29) is 30.3 Å². The Labute approximate surface area is 110 Å². The number of imidazole rings is 1. The zero-order valence-electron chi connectivity index (χ0n) is 11.5. The summed E-state index contributed by atoms with van der Waals surface area (Å²) in [5.41, 5.74) is 5.69. The topological polar surface area (TPSA) is 87.8 Å². The third-order valence-corrected chi connectivity index (χ3v) is 2.98. The third-order valence-electron chi connectivity index (χ3n) is 2.98. The van der Waals surface area contributed by atoms with E-state index in [0.29, 0.717) is 17.7 Å². The van der Waals surface area contributed by atoms with Gasteiger partial charge in [0.05, 0.1) is 6.33 Å². The number of fused-ring (bicyclic) bond motifs is 1. The summed E-state index contributed by atoms with van der Waals surface area (Å²) in [6.45, 7) is 5.02. The Hall–Kier alpha value is -1.89. The first-order valence-electron chi connectivity index (χ1n) is 6.32. The number of rotatable bonds is 4. The molecule has 7 nitrogen and oxygen atoms in total. The molecule has 0 aliphatic carbocycles. The van der Waals surface area contributed by atoms with Gasteiger partial charge in [0.15, 0.2) is 11.2 Å². The Kier molecular flexibility index (Phi) is 3.57. The van der Waals surface area contributed by atoms with Gasteiger partial charge < -0.3 is 10.3 Å². The zero-order valence-corrected chi connectivity index (χ0v) is 11.5. The maximum absolute atomic E-state index is 12.4. The van der Waals surface area contributed by atoms with Crippen molar-refractivity contribution in [3.63, 3.8) is 0 Å². The van der Waals surface area contributed by atoms with Crippen LogP contribution in [0.25, 0.3) is 11.2 Å². The Morgan fingerprint density at radius 3 is 2.58 bits per heavy atom. The first-order valence-corrected chi connectivity index (χ1v) is 6.32. The molecule has 0 aliphatic rings. The number of aryl methyl sites for hydroxylation is 1. The second-order valence-electron chi connectivity index (χ2n) is 5.06. The first-order chi connectivity index (χ1) is 8.97. The van der Waals surface area contributed by atoms with Crippen LogP contribution in [0.3, 0.4) is 0 Å². The van der Waals surface area contributed by atoms with E-state index in [9.17, 15) is 9.59 Å². The van der Waals surface area contributed by atoms with Gasteiger partial charge in [0.25, 0.3) is 5.56 Å². The molecule has 0 aliphatic heterocycles. The molecule has 0 saturated carbocycles. The van der Waals surface area contributed by atoms with Gasteiger partial charge in [-0.2, -0.15) is 0 Å². The maximum Gasteiger partial charge on any atom is 0.332 e. The fraction of sp³-hybridized carbons (Fsp3) is 0.583. The predicted molar refractivity (Wildman–Crippen MR) is 73.1 cm³/mol. The highest BCUT2D eigenvalue weighted by Gasteiger charge is 2.16. The van der Waals surface area contributed by atoms with Gasteiger partial charge in [0.1, 0.15) is 0 Å². The van der Waals surface area contributed by atoms with Crippen LogP contribution in [0, 0.1) is 5.92 Å². The molecule has 7 heteroatoms. The highest BCUT2D eigenvalue weighted by Crippen LogP contribution is 2.07. The van der Waals surface area contributed by atoms with Gasteiger partial charge >= 0.3 is 5.69 Å². The van der Waals surface area contributed by atoms with Gasteiger partial charge in [-0.3, -0.25) is 13.9 Å². The minimum atomic E-state index is -0.338. The largest absolute Gasteiger partial charge is 0.332 e. The van der Waals surface area contributed by atoms with E-state index in [4.69, 9.17) is 5.73 Å². The average Bonchev–Trinajstić information content (AvgIpc) is 2.72. The summed E-state index contributed by atoms with van der Waals surface area (Å²) in [5.74, 6) is 0.284. The second kappa shape index (κ2) is 5.00. The van der Waals surface area contributed by atoms with Crippen molar-refractivity contribution in [1.29, 1.82) is 0 Å². The van der Waals surface area contributed by atoms with Crippen LogP contribution >= 0.6 is 0 Å². The monoisotopic (exact) mass is 265 g/mol. The Morgan fingerprint density at radius 2 is 2.00 bits per heavy atom. The molecule has 0 unspecified atom stereocenters. The summed E-state index contributed by atoms with van der Waals surface area (Å²) in [6.07, 6.45) is 1.55. The Balaban J connectivity index is 2.86. The summed E-state index contributed by atoms with van der Waals surface area (Å²) in [4.78, 5) is 28.8. The van der Waals surface area contributed by atoms with Crippen molar-refractivity contribution in [2.45, 2.75) is 26.9 Å². The minimum absolute atomic E-state index is 0.219. The Bertz CT molecular complexity index is 707. The quantitative estimate of drug-likeness (QED) is 0.808. The molecule has 19 heavy (non-hydrogen) atoms. The second-order valence-corrected chi connectivity index (χ2v) is 5.06. The lowest BCUT2D eigenvalue weighted by Gasteiger charge is -2.12. The number of nitrogens with zero attached hydrogens (tertiary/aromatic N) is 4. The Morgan fingerprint density at radius 1 is 1.32 bits per heavy atom. The van der Waals surface area contributed by atoms with Gasteiger partial charge in [-0.25, -0.2) is 9.78 Å². The van der Waals surface area contributed by atoms with Gasteiger partial charge in [-0.15, -0.1) is 0 Å². The molecule has 2 aromatic rings. The highest BCUT2D eigenvalue weighted by molar-refractivity contribution is 5.69. The normalized spacial score (nSPS) is 11.6.